The first kappa shape index (κ1) is 17.4. The van der Waals surface area contributed by atoms with Crippen molar-refractivity contribution < 1.29 is 23.6 Å². The number of benzene rings is 2. The van der Waals surface area contributed by atoms with E-state index >= 15 is 0 Å². The lowest BCUT2D eigenvalue weighted by molar-refractivity contribution is -0.385. The molecule has 0 aliphatic heterocycles. The van der Waals surface area contributed by atoms with Gasteiger partial charge in [0.15, 0.2) is 6.61 Å². The molecule has 0 saturated carbocycles. The molecule has 124 valence electrons. The van der Waals surface area contributed by atoms with Crippen molar-refractivity contribution in [3.63, 3.8) is 0 Å². The highest BCUT2D eigenvalue weighted by atomic mass is 35.5. The molecule has 7 nitrogen and oxygen atoms in total. The number of carbonyl (C=O) groups excluding carboxylic acids is 2. The molecule has 2 aromatic carbocycles. The largest absolute Gasteiger partial charge is 0.452 e. The van der Waals surface area contributed by atoms with Crippen LogP contribution in [0.4, 0.5) is 15.8 Å². The van der Waals surface area contributed by atoms with E-state index in [1.54, 1.807) is 0 Å². The van der Waals surface area contributed by atoms with E-state index in [-0.39, 0.29) is 16.3 Å². The summed E-state index contributed by atoms with van der Waals surface area (Å²) in [5, 5.41) is 13.2. The molecule has 2 rings (SSSR count). The van der Waals surface area contributed by atoms with Gasteiger partial charge in [-0.25, -0.2) is 9.18 Å². The number of para-hydroxylation sites is 1. The van der Waals surface area contributed by atoms with Crippen LogP contribution in [0.25, 0.3) is 0 Å². The molecule has 0 atom stereocenters. The van der Waals surface area contributed by atoms with Crippen LogP contribution in [0, 0.1) is 15.9 Å². The van der Waals surface area contributed by atoms with E-state index < -0.39 is 34.9 Å². The van der Waals surface area contributed by atoms with Gasteiger partial charge in [-0.05, 0) is 24.3 Å². The quantitative estimate of drug-likeness (QED) is 0.506. The number of anilines is 1. The summed E-state index contributed by atoms with van der Waals surface area (Å²) in [6, 6.07) is 8.72. The summed E-state index contributed by atoms with van der Waals surface area (Å²) < 4.78 is 18.2. The van der Waals surface area contributed by atoms with Crippen LogP contribution < -0.4 is 5.32 Å². The van der Waals surface area contributed by atoms with Gasteiger partial charge >= 0.3 is 5.97 Å². The number of nitrogens with one attached hydrogen (secondary N) is 1. The fourth-order valence-corrected chi connectivity index (χ4v) is 1.97. The Bertz CT molecular complexity index is 812. The van der Waals surface area contributed by atoms with Gasteiger partial charge in [0.25, 0.3) is 11.6 Å². The Kier molecular flexibility index (Phi) is 5.43. The maximum absolute atomic E-state index is 13.5. The first-order valence-corrected chi connectivity index (χ1v) is 6.91. The number of nitro benzene ring substituents is 1. The van der Waals surface area contributed by atoms with Crippen molar-refractivity contribution in [1.82, 2.24) is 0 Å². The number of nitrogens with zero attached hydrogens (tertiary/aromatic N) is 1. The second-order valence-corrected chi connectivity index (χ2v) is 4.96. The molecule has 0 heterocycles. The van der Waals surface area contributed by atoms with Crippen molar-refractivity contribution >= 4 is 34.9 Å². The number of hydrogen-bond donors (Lipinski definition) is 1. The summed E-state index contributed by atoms with van der Waals surface area (Å²) in [4.78, 5) is 33.6. The third kappa shape index (κ3) is 4.26. The van der Waals surface area contributed by atoms with Gasteiger partial charge in [-0.3, -0.25) is 14.9 Å². The third-order valence-corrected chi connectivity index (χ3v) is 3.09. The SMILES string of the molecule is O=C(COC(=O)c1ccccc1[N+](=O)[O-])Nc1cc(Cl)ccc1F. The molecule has 0 aromatic heterocycles. The third-order valence-electron chi connectivity index (χ3n) is 2.86. The molecule has 0 saturated heterocycles. The number of carbonyl (C=O) groups is 2. The predicted molar refractivity (Wildman–Crippen MR) is 83.4 cm³/mol. The minimum absolute atomic E-state index is 0.172. The molecule has 24 heavy (non-hydrogen) atoms. The zero-order valence-corrected chi connectivity index (χ0v) is 12.7. The molecule has 0 spiro atoms. The van der Waals surface area contributed by atoms with E-state index in [0.29, 0.717) is 0 Å². The lowest BCUT2D eigenvalue weighted by Gasteiger charge is -2.08. The molecule has 9 heteroatoms. The smallest absolute Gasteiger partial charge is 0.345 e. The maximum atomic E-state index is 13.5. The van der Waals surface area contributed by atoms with Crippen molar-refractivity contribution in [2.45, 2.75) is 0 Å². The van der Waals surface area contributed by atoms with Gasteiger partial charge in [0.2, 0.25) is 0 Å². The fraction of sp³-hybridized carbons (Fsp3) is 0.0667. The molecule has 0 aliphatic carbocycles. The van der Waals surface area contributed by atoms with Gasteiger partial charge in [-0.15, -0.1) is 0 Å². The number of ether oxygens (including phenoxy) is 1. The fourth-order valence-electron chi connectivity index (χ4n) is 1.79. The van der Waals surface area contributed by atoms with Gasteiger partial charge in [-0.2, -0.15) is 0 Å². The monoisotopic (exact) mass is 352 g/mol. The van der Waals surface area contributed by atoms with Gasteiger partial charge in [-0.1, -0.05) is 23.7 Å². The average Bonchev–Trinajstić information content (AvgIpc) is 2.56. The normalized spacial score (nSPS) is 10.1. The molecular formula is C15H10ClFN2O5. The highest BCUT2D eigenvalue weighted by molar-refractivity contribution is 6.30. The zero-order chi connectivity index (χ0) is 17.7. The van der Waals surface area contributed by atoms with E-state index in [9.17, 15) is 24.1 Å². The van der Waals surface area contributed by atoms with Crippen molar-refractivity contribution in [2.24, 2.45) is 0 Å². The molecule has 0 radical (unpaired) electrons. The first-order valence-electron chi connectivity index (χ1n) is 6.54. The molecule has 0 bridgehead atoms. The minimum atomic E-state index is -1.04. The Labute approximate surface area is 140 Å². The van der Waals surface area contributed by atoms with Crippen LogP contribution in [0.1, 0.15) is 10.4 Å². The van der Waals surface area contributed by atoms with Crippen molar-refractivity contribution in [3.05, 3.63) is 69.0 Å². The lowest BCUT2D eigenvalue weighted by atomic mass is 10.2. The zero-order valence-electron chi connectivity index (χ0n) is 12.0. The average molecular weight is 353 g/mol. The topological polar surface area (TPSA) is 98.5 Å². The van der Waals surface area contributed by atoms with Crippen molar-refractivity contribution in [2.75, 3.05) is 11.9 Å². The van der Waals surface area contributed by atoms with E-state index in [0.717, 1.165) is 12.1 Å². The maximum Gasteiger partial charge on any atom is 0.345 e. The van der Waals surface area contributed by atoms with E-state index in [1.165, 1.54) is 30.3 Å². The van der Waals surface area contributed by atoms with Gasteiger partial charge in [0.1, 0.15) is 11.4 Å². The number of nitro groups is 1. The predicted octanol–water partition coefficient (Wildman–Crippen LogP) is 3.18. The molecule has 1 N–H and O–H groups in total. The second kappa shape index (κ2) is 7.51. The summed E-state index contributed by atoms with van der Waals surface area (Å²) in [5.41, 5.74) is -0.901. The number of rotatable bonds is 5. The summed E-state index contributed by atoms with van der Waals surface area (Å²) in [7, 11) is 0. The van der Waals surface area contributed by atoms with Crippen LogP contribution in [0.3, 0.4) is 0 Å². The van der Waals surface area contributed by atoms with Crippen LogP contribution in [-0.4, -0.2) is 23.4 Å². The highest BCUT2D eigenvalue weighted by Gasteiger charge is 2.21. The summed E-state index contributed by atoms with van der Waals surface area (Å²) in [5.74, 6) is -2.56. The molecule has 2 aromatic rings. The molecular weight excluding hydrogens is 343 g/mol. The van der Waals surface area contributed by atoms with E-state index in [4.69, 9.17) is 16.3 Å². The van der Waals surface area contributed by atoms with E-state index in [1.807, 2.05) is 0 Å². The standard InChI is InChI=1S/C15H10ClFN2O5/c16-9-5-6-11(17)12(7-9)18-14(20)8-24-15(21)10-3-1-2-4-13(10)19(22)23/h1-7H,8H2,(H,18,20). The Morgan fingerprint density at radius 2 is 1.96 bits per heavy atom. The van der Waals surface area contributed by atoms with Gasteiger partial charge in [0.05, 0.1) is 10.6 Å². The van der Waals surface area contributed by atoms with Gasteiger partial charge in [0, 0.05) is 11.1 Å². The highest BCUT2D eigenvalue weighted by Crippen LogP contribution is 2.20. The minimum Gasteiger partial charge on any atom is -0.452 e. The van der Waals surface area contributed by atoms with Crippen LogP contribution in [0.2, 0.25) is 5.02 Å². The number of halogens is 2. The van der Waals surface area contributed by atoms with Crippen LogP contribution in [0.15, 0.2) is 42.5 Å². The summed E-state index contributed by atoms with van der Waals surface area (Å²) in [6.07, 6.45) is 0. The Balaban J connectivity index is 2.00. The number of hydrogen-bond acceptors (Lipinski definition) is 5. The number of esters is 1. The van der Waals surface area contributed by atoms with Gasteiger partial charge < -0.3 is 10.1 Å². The first-order chi connectivity index (χ1) is 11.4. The van der Waals surface area contributed by atoms with Crippen LogP contribution in [-0.2, 0) is 9.53 Å². The van der Waals surface area contributed by atoms with Crippen LogP contribution >= 0.6 is 11.6 Å². The summed E-state index contributed by atoms with van der Waals surface area (Å²) >= 11 is 5.69. The Hall–Kier alpha value is -3.00. The molecule has 0 aliphatic rings. The molecule has 0 fully saturated rings. The van der Waals surface area contributed by atoms with E-state index in [2.05, 4.69) is 5.32 Å². The lowest BCUT2D eigenvalue weighted by Crippen LogP contribution is -2.21. The van der Waals surface area contributed by atoms with Crippen molar-refractivity contribution in [1.29, 1.82) is 0 Å². The Morgan fingerprint density at radius 3 is 2.67 bits per heavy atom. The molecule has 0 unspecified atom stereocenters. The molecule has 1 amide bonds. The summed E-state index contributed by atoms with van der Waals surface area (Å²) in [6.45, 7) is -0.739. The van der Waals surface area contributed by atoms with Crippen LogP contribution in [0.5, 0.6) is 0 Å². The second-order valence-electron chi connectivity index (χ2n) is 4.52. The Morgan fingerprint density at radius 1 is 1.25 bits per heavy atom. The number of amides is 1. The van der Waals surface area contributed by atoms with Crippen molar-refractivity contribution in [3.8, 4) is 0 Å².